The standard InChI is InChI=1S/C17H14ClN3OS2/c18-14-8-4-7-13(9-14)10-15(22)19-16-20-21-17(24-16)23-11-12-5-2-1-3-6-12/h1-9H,10-11H2,(H,19,20,22). The lowest BCUT2D eigenvalue weighted by Gasteiger charge is -2.01. The molecule has 0 aliphatic carbocycles. The van der Waals surface area contributed by atoms with E-state index in [1.54, 1.807) is 23.9 Å². The average Bonchev–Trinajstić information content (AvgIpc) is 3.01. The summed E-state index contributed by atoms with van der Waals surface area (Å²) >= 11 is 8.90. The van der Waals surface area contributed by atoms with Crippen LogP contribution in [0.15, 0.2) is 58.9 Å². The lowest BCUT2D eigenvalue weighted by atomic mass is 10.1. The van der Waals surface area contributed by atoms with Crippen molar-refractivity contribution in [3.63, 3.8) is 0 Å². The van der Waals surface area contributed by atoms with E-state index in [9.17, 15) is 4.79 Å². The molecule has 0 fully saturated rings. The van der Waals surface area contributed by atoms with Gasteiger partial charge in [0.25, 0.3) is 0 Å². The molecule has 0 spiro atoms. The first-order valence-corrected chi connectivity index (χ1v) is 9.41. The third-order valence-electron chi connectivity index (χ3n) is 3.11. The van der Waals surface area contributed by atoms with Crippen molar-refractivity contribution in [2.75, 3.05) is 5.32 Å². The molecule has 7 heteroatoms. The summed E-state index contributed by atoms with van der Waals surface area (Å²) in [6.07, 6.45) is 0.257. The Morgan fingerprint density at radius 1 is 1.08 bits per heavy atom. The van der Waals surface area contributed by atoms with Crippen molar-refractivity contribution in [2.45, 2.75) is 16.5 Å². The van der Waals surface area contributed by atoms with E-state index >= 15 is 0 Å². The maximum Gasteiger partial charge on any atom is 0.230 e. The van der Waals surface area contributed by atoms with E-state index in [4.69, 9.17) is 11.6 Å². The molecule has 1 amide bonds. The Kier molecular flexibility index (Phi) is 5.85. The van der Waals surface area contributed by atoms with Gasteiger partial charge in [0, 0.05) is 10.8 Å². The Hall–Kier alpha value is -1.89. The van der Waals surface area contributed by atoms with Crippen molar-refractivity contribution in [2.24, 2.45) is 0 Å². The Balaban J connectivity index is 1.53. The van der Waals surface area contributed by atoms with Gasteiger partial charge in [-0.25, -0.2) is 0 Å². The molecule has 0 aliphatic heterocycles. The number of hydrogen-bond donors (Lipinski definition) is 1. The van der Waals surface area contributed by atoms with Gasteiger partial charge < -0.3 is 5.32 Å². The molecule has 1 aromatic heterocycles. The van der Waals surface area contributed by atoms with Crippen molar-refractivity contribution in [1.82, 2.24) is 10.2 Å². The third-order valence-corrected chi connectivity index (χ3v) is 5.39. The molecule has 1 N–H and O–H groups in total. The van der Waals surface area contributed by atoms with Gasteiger partial charge in [0.2, 0.25) is 11.0 Å². The fourth-order valence-electron chi connectivity index (χ4n) is 2.03. The van der Waals surface area contributed by atoms with E-state index in [0.717, 1.165) is 15.7 Å². The zero-order chi connectivity index (χ0) is 16.8. The molecule has 0 unspecified atom stereocenters. The average molecular weight is 376 g/mol. The van der Waals surface area contributed by atoms with Crippen LogP contribution in [0.5, 0.6) is 0 Å². The summed E-state index contributed by atoms with van der Waals surface area (Å²) in [6, 6.07) is 17.4. The van der Waals surface area contributed by atoms with Gasteiger partial charge in [0.15, 0.2) is 4.34 Å². The van der Waals surface area contributed by atoms with Crippen LogP contribution in [0.2, 0.25) is 5.02 Å². The number of amides is 1. The fraction of sp³-hybridized carbons (Fsp3) is 0.118. The summed E-state index contributed by atoms with van der Waals surface area (Å²) < 4.78 is 0.830. The van der Waals surface area contributed by atoms with E-state index in [1.807, 2.05) is 30.3 Å². The molecule has 2 aromatic carbocycles. The van der Waals surface area contributed by atoms with Gasteiger partial charge in [-0.3, -0.25) is 4.79 Å². The maximum absolute atomic E-state index is 12.1. The van der Waals surface area contributed by atoms with Gasteiger partial charge in [0.05, 0.1) is 6.42 Å². The smallest absolute Gasteiger partial charge is 0.230 e. The van der Waals surface area contributed by atoms with Crippen LogP contribution in [-0.2, 0) is 17.0 Å². The highest BCUT2D eigenvalue weighted by Crippen LogP contribution is 2.28. The van der Waals surface area contributed by atoms with Gasteiger partial charge in [-0.05, 0) is 23.3 Å². The van der Waals surface area contributed by atoms with Crippen molar-refractivity contribution in [3.8, 4) is 0 Å². The highest BCUT2D eigenvalue weighted by Gasteiger charge is 2.10. The Labute approximate surface area is 153 Å². The van der Waals surface area contributed by atoms with Crippen LogP contribution >= 0.6 is 34.7 Å². The van der Waals surface area contributed by atoms with Crippen LogP contribution in [0, 0.1) is 0 Å². The zero-order valence-corrected chi connectivity index (χ0v) is 15.0. The van der Waals surface area contributed by atoms with Crippen LogP contribution in [0.1, 0.15) is 11.1 Å². The summed E-state index contributed by atoms with van der Waals surface area (Å²) in [6.45, 7) is 0. The number of aromatic nitrogens is 2. The Bertz CT molecular complexity index is 823. The molecule has 0 aliphatic rings. The fourth-order valence-corrected chi connectivity index (χ4v) is 3.97. The van der Waals surface area contributed by atoms with E-state index in [-0.39, 0.29) is 12.3 Å². The first-order chi connectivity index (χ1) is 11.7. The number of nitrogens with one attached hydrogen (secondary N) is 1. The minimum Gasteiger partial charge on any atom is -0.300 e. The number of benzene rings is 2. The molecule has 0 radical (unpaired) electrons. The first kappa shape index (κ1) is 17.0. The Morgan fingerprint density at radius 3 is 2.67 bits per heavy atom. The predicted molar refractivity (Wildman–Crippen MR) is 99.7 cm³/mol. The first-order valence-electron chi connectivity index (χ1n) is 7.23. The number of halogens is 1. The van der Waals surface area contributed by atoms with E-state index < -0.39 is 0 Å². The number of nitrogens with zero attached hydrogens (tertiary/aromatic N) is 2. The van der Waals surface area contributed by atoms with Crippen molar-refractivity contribution in [1.29, 1.82) is 0 Å². The van der Waals surface area contributed by atoms with Crippen molar-refractivity contribution >= 4 is 45.7 Å². The van der Waals surface area contributed by atoms with Crippen LogP contribution in [0.4, 0.5) is 5.13 Å². The lowest BCUT2D eigenvalue weighted by Crippen LogP contribution is -2.14. The number of rotatable bonds is 6. The van der Waals surface area contributed by atoms with Crippen LogP contribution in [-0.4, -0.2) is 16.1 Å². The Morgan fingerprint density at radius 2 is 1.88 bits per heavy atom. The second-order valence-corrected chi connectivity index (χ2v) is 7.64. The maximum atomic E-state index is 12.1. The SMILES string of the molecule is O=C(Cc1cccc(Cl)c1)Nc1nnc(SCc2ccccc2)s1. The van der Waals surface area contributed by atoms with E-state index in [2.05, 4.69) is 27.6 Å². The molecule has 0 saturated carbocycles. The molecule has 3 aromatic rings. The second-order valence-electron chi connectivity index (χ2n) is 5.00. The molecule has 3 rings (SSSR count). The topological polar surface area (TPSA) is 54.9 Å². The monoisotopic (exact) mass is 375 g/mol. The van der Waals surface area contributed by atoms with Crippen LogP contribution in [0.3, 0.4) is 0 Å². The minimum absolute atomic E-state index is 0.131. The molecule has 4 nitrogen and oxygen atoms in total. The van der Waals surface area contributed by atoms with Crippen LogP contribution in [0.25, 0.3) is 0 Å². The molecule has 0 bridgehead atoms. The van der Waals surface area contributed by atoms with Gasteiger partial charge >= 0.3 is 0 Å². The molecule has 122 valence electrons. The van der Waals surface area contributed by atoms with Gasteiger partial charge in [-0.2, -0.15) is 0 Å². The summed E-state index contributed by atoms with van der Waals surface area (Å²) in [5, 5.41) is 12.0. The number of carbonyl (C=O) groups is 1. The minimum atomic E-state index is -0.131. The summed E-state index contributed by atoms with van der Waals surface area (Å²) in [4.78, 5) is 12.1. The van der Waals surface area contributed by atoms with Gasteiger partial charge in [0.1, 0.15) is 0 Å². The summed E-state index contributed by atoms with van der Waals surface area (Å²) in [7, 11) is 0. The van der Waals surface area contributed by atoms with E-state index in [0.29, 0.717) is 10.2 Å². The quantitative estimate of drug-likeness (QED) is 0.502. The van der Waals surface area contributed by atoms with Crippen molar-refractivity contribution < 1.29 is 4.79 Å². The summed E-state index contributed by atoms with van der Waals surface area (Å²) in [5.41, 5.74) is 2.09. The molecule has 1 heterocycles. The predicted octanol–water partition coefficient (Wildman–Crippen LogP) is 4.67. The van der Waals surface area contributed by atoms with Gasteiger partial charge in [-0.15, -0.1) is 10.2 Å². The molecule has 24 heavy (non-hydrogen) atoms. The van der Waals surface area contributed by atoms with Crippen LogP contribution < -0.4 is 5.32 Å². The number of carbonyl (C=O) groups excluding carboxylic acids is 1. The molecular weight excluding hydrogens is 362 g/mol. The zero-order valence-electron chi connectivity index (χ0n) is 12.6. The van der Waals surface area contributed by atoms with Crippen molar-refractivity contribution in [3.05, 3.63) is 70.7 Å². The normalized spacial score (nSPS) is 10.5. The van der Waals surface area contributed by atoms with Gasteiger partial charge in [-0.1, -0.05) is 77.2 Å². The second kappa shape index (κ2) is 8.28. The molecule has 0 atom stereocenters. The largest absolute Gasteiger partial charge is 0.300 e. The molecule has 0 saturated heterocycles. The highest BCUT2D eigenvalue weighted by atomic mass is 35.5. The summed E-state index contributed by atoms with van der Waals surface area (Å²) in [5.74, 6) is 0.694. The van der Waals surface area contributed by atoms with E-state index in [1.165, 1.54) is 16.9 Å². The third kappa shape index (κ3) is 5.06. The molecular formula is C17H14ClN3OS2. The number of hydrogen-bond acceptors (Lipinski definition) is 5. The lowest BCUT2D eigenvalue weighted by molar-refractivity contribution is -0.115. The highest BCUT2D eigenvalue weighted by molar-refractivity contribution is 8.00. The number of anilines is 1. The number of thioether (sulfide) groups is 1.